The van der Waals surface area contributed by atoms with Crippen molar-refractivity contribution in [2.24, 2.45) is 0 Å². The quantitative estimate of drug-likeness (QED) is 0.695. The first-order chi connectivity index (χ1) is 9.63. The molecule has 0 aliphatic carbocycles. The van der Waals surface area contributed by atoms with Crippen LogP contribution in [0.4, 0.5) is 0 Å². The number of nitrogens with zero attached hydrogens (tertiary/aromatic N) is 3. The maximum absolute atomic E-state index is 6.03. The summed E-state index contributed by atoms with van der Waals surface area (Å²) in [5, 5.41) is 9.73. The van der Waals surface area contributed by atoms with Gasteiger partial charge >= 0.3 is 0 Å². The molecule has 2 aromatic carbocycles. The first kappa shape index (κ1) is 13.2. The zero-order valence-corrected chi connectivity index (χ0v) is 12.2. The largest absolute Gasteiger partial charge is 0.220 e. The van der Waals surface area contributed by atoms with Gasteiger partial charge in [-0.25, -0.2) is 4.68 Å². The molecule has 0 atom stereocenters. The van der Waals surface area contributed by atoms with Gasteiger partial charge in [0.05, 0.1) is 11.9 Å². The summed E-state index contributed by atoms with van der Waals surface area (Å²) in [6, 6.07) is 13.2. The summed E-state index contributed by atoms with van der Waals surface area (Å²) in [4.78, 5) is 0. The standard InChI is InChI=1S/C15H11Cl2N3/c1-10-2-5-13(17)8-15(10)20-9-14(18-19-20)11-3-6-12(16)7-4-11/h2-9H,1H3. The molecule has 0 saturated carbocycles. The van der Waals surface area contributed by atoms with Crippen molar-refractivity contribution >= 4 is 23.2 Å². The number of benzene rings is 2. The predicted molar refractivity (Wildman–Crippen MR) is 81.6 cm³/mol. The molecule has 0 N–H and O–H groups in total. The molecule has 0 amide bonds. The Morgan fingerprint density at radius 2 is 1.65 bits per heavy atom. The van der Waals surface area contributed by atoms with Crippen LogP contribution in [0.25, 0.3) is 16.9 Å². The van der Waals surface area contributed by atoms with E-state index in [1.807, 2.05) is 55.6 Å². The maximum atomic E-state index is 6.03. The van der Waals surface area contributed by atoms with E-state index in [0.717, 1.165) is 22.5 Å². The van der Waals surface area contributed by atoms with E-state index in [2.05, 4.69) is 10.3 Å². The van der Waals surface area contributed by atoms with E-state index in [1.54, 1.807) is 4.68 Å². The lowest BCUT2D eigenvalue weighted by atomic mass is 10.2. The average Bonchev–Trinajstić information content (AvgIpc) is 2.92. The van der Waals surface area contributed by atoms with Crippen LogP contribution in [0.1, 0.15) is 5.56 Å². The number of aromatic nitrogens is 3. The topological polar surface area (TPSA) is 30.7 Å². The fraction of sp³-hybridized carbons (Fsp3) is 0.0667. The van der Waals surface area contributed by atoms with Crippen LogP contribution in [0.15, 0.2) is 48.7 Å². The summed E-state index contributed by atoms with van der Waals surface area (Å²) in [6.45, 7) is 2.01. The number of aryl methyl sites for hydroxylation is 1. The molecule has 1 heterocycles. The van der Waals surface area contributed by atoms with Crippen LogP contribution in [0, 0.1) is 6.92 Å². The second-order valence-electron chi connectivity index (χ2n) is 4.49. The second kappa shape index (κ2) is 5.27. The van der Waals surface area contributed by atoms with Gasteiger partial charge in [-0.1, -0.05) is 46.6 Å². The van der Waals surface area contributed by atoms with Crippen molar-refractivity contribution in [3.8, 4) is 16.9 Å². The van der Waals surface area contributed by atoms with Crippen molar-refractivity contribution in [1.82, 2.24) is 15.0 Å². The summed E-state index contributed by atoms with van der Waals surface area (Å²) in [6.07, 6.45) is 1.88. The Morgan fingerprint density at radius 1 is 0.950 bits per heavy atom. The van der Waals surface area contributed by atoms with Crippen LogP contribution in [0.3, 0.4) is 0 Å². The molecule has 100 valence electrons. The molecule has 20 heavy (non-hydrogen) atoms. The first-order valence-electron chi connectivity index (χ1n) is 6.08. The minimum atomic E-state index is 0.675. The number of hydrogen-bond donors (Lipinski definition) is 0. The number of rotatable bonds is 2. The van der Waals surface area contributed by atoms with E-state index in [-0.39, 0.29) is 0 Å². The summed E-state index contributed by atoms with van der Waals surface area (Å²) in [5.41, 5.74) is 3.77. The Labute approximate surface area is 126 Å². The first-order valence-corrected chi connectivity index (χ1v) is 6.84. The zero-order chi connectivity index (χ0) is 14.1. The van der Waals surface area contributed by atoms with Gasteiger partial charge in [0.1, 0.15) is 5.69 Å². The second-order valence-corrected chi connectivity index (χ2v) is 5.36. The Kier molecular flexibility index (Phi) is 3.47. The molecule has 0 unspecified atom stereocenters. The van der Waals surface area contributed by atoms with Gasteiger partial charge in [0, 0.05) is 15.6 Å². The van der Waals surface area contributed by atoms with E-state index < -0.39 is 0 Å². The fourth-order valence-corrected chi connectivity index (χ4v) is 2.26. The zero-order valence-electron chi connectivity index (χ0n) is 10.7. The molecule has 3 aromatic rings. The maximum Gasteiger partial charge on any atom is 0.113 e. The molecule has 0 radical (unpaired) electrons. The van der Waals surface area contributed by atoms with Gasteiger partial charge in [0.25, 0.3) is 0 Å². The Balaban J connectivity index is 2.01. The van der Waals surface area contributed by atoms with Crippen LogP contribution >= 0.6 is 23.2 Å². The van der Waals surface area contributed by atoms with Gasteiger partial charge in [-0.2, -0.15) is 0 Å². The molecule has 1 aromatic heterocycles. The van der Waals surface area contributed by atoms with Crippen LogP contribution in [0.2, 0.25) is 10.0 Å². The van der Waals surface area contributed by atoms with Crippen LogP contribution in [0.5, 0.6) is 0 Å². The Morgan fingerprint density at radius 3 is 2.40 bits per heavy atom. The van der Waals surface area contributed by atoms with Gasteiger partial charge in [0.15, 0.2) is 0 Å². The van der Waals surface area contributed by atoms with Crippen molar-refractivity contribution in [2.45, 2.75) is 6.92 Å². The highest BCUT2D eigenvalue weighted by atomic mass is 35.5. The molecule has 0 aliphatic rings. The fourth-order valence-electron chi connectivity index (χ4n) is 1.96. The van der Waals surface area contributed by atoms with Crippen molar-refractivity contribution in [3.63, 3.8) is 0 Å². The van der Waals surface area contributed by atoms with E-state index in [1.165, 1.54) is 0 Å². The molecule has 3 rings (SSSR count). The van der Waals surface area contributed by atoms with Crippen LogP contribution < -0.4 is 0 Å². The number of halogens is 2. The van der Waals surface area contributed by atoms with Gasteiger partial charge in [0.2, 0.25) is 0 Å². The minimum Gasteiger partial charge on any atom is -0.220 e. The molecule has 0 aliphatic heterocycles. The molecule has 0 fully saturated rings. The van der Waals surface area contributed by atoms with Gasteiger partial charge in [-0.15, -0.1) is 5.10 Å². The highest BCUT2D eigenvalue weighted by Crippen LogP contribution is 2.22. The SMILES string of the molecule is Cc1ccc(Cl)cc1-n1cc(-c2ccc(Cl)cc2)nn1. The third-order valence-electron chi connectivity index (χ3n) is 3.05. The summed E-state index contributed by atoms with van der Waals surface area (Å²) in [5.74, 6) is 0. The molecule has 0 spiro atoms. The number of hydrogen-bond acceptors (Lipinski definition) is 2. The van der Waals surface area contributed by atoms with Crippen LogP contribution in [-0.4, -0.2) is 15.0 Å². The predicted octanol–water partition coefficient (Wildman–Crippen LogP) is 4.55. The Bertz CT molecular complexity index is 748. The van der Waals surface area contributed by atoms with Gasteiger partial charge < -0.3 is 0 Å². The molecule has 3 nitrogen and oxygen atoms in total. The summed E-state index contributed by atoms with van der Waals surface area (Å²) < 4.78 is 1.73. The third-order valence-corrected chi connectivity index (χ3v) is 3.54. The molecular weight excluding hydrogens is 293 g/mol. The Hall–Kier alpha value is -1.84. The highest BCUT2D eigenvalue weighted by Gasteiger charge is 2.07. The molecular formula is C15H11Cl2N3. The average molecular weight is 304 g/mol. The normalized spacial score (nSPS) is 10.8. The monoisotopic (exact) mass is 303 g/mol. The lowest BCUT2D eigenvalue weighted by Gasteiger charge is -2.04. The summed E-state index contributed by atoms with van der Waals surface area (Å²) in [7, 11) is 0. The van der Waals surface area contributed by atoms with E-state index >= 15 is 0 Å². The van der Waals surface area contributed by atoms with Crippen molar-refractivity contribution in [2.75, 3.05) is 0 Å². The van der Waals surface area contributed by atoms with Gasteiger partial charge in [-0.3, -0.25) is 0 Å². The third kappa shape index (κ3) is 2.55. The van der Waals surface area contributed by atoms with Gasteiger partial charge in [-0.05, 0) is 36.8 Å². The molecule has 5 heteroatoms. The van der Waals surface area contributed by atoms with E-state index in [9.17, 15) is 0 Å². The minimum absolute atomic E-state index is 0.675. The van der Waals surface area contributed by atoms with E-state index in [0.29, 0.717) is 10.0 Å². The molecule has 0 saturated heterocycles. The molecule has 0 bridgehead atoms. The van der Waals surface area contributed by atoms with Crippen molar-refractivity contribution in [1.29, 1.82) is 0 Å². The van der Waals surface area contributed by atoms with Crippen molar-refractivity contribution < 1.29 is 0 Å². The van der Waals surface area contributed by atoms with Crippen molar-refractivity contribution in [3.05, 3.63) is 64.3 Å². The lowest BCUT2D eigenvalue weighted by Crippen LogP contribution is -1.97. The summed E-state index contributed by atoms with van der Waals surface area (Å²) >= 11 is 11.9. The highest BCUT2D eigenvalue weighted by molar-refractivity contribution is 6.31. The van der Waals surface area contributed by atoms with Crippen LogP contribution in [-0.2, 0) is 0 Å². The van der Waals surface area contributed by atoms with E-state index in [4.69, 9.17) is 23.2 Å². The smallest absolute Gasteiger partial charge is 0.113 e. The lowest BCUT2D eigenvalue weighted by molar-refractivity contribution is 0.799.